The summed E-state index contributed by atoms with van der Waals surface area (Å²) in [6.45, 7) is 3.94. The highest BCUT2D eigenvalue weighted by Gasteiger charge is 2.28. The summed E-state index contributed by atoms with van der Waals surface area (Å²) in [5, 5.41) is 11.1. The van der Waals surface area contributed by atoms with Gasteiger partial charge in [-0.05, 0) is 29.1 Å². The van der Waals surface area contributed by atoms with Crippen LogP contribution < -0.4 is 9.64 Å². The molecule has 140 valence electrons. The Morgan fingerprint density at radius 1 is 1.35 bits per heavy atom. The first-order valence-corrected chi connectivity index (χ1v) is 8.85. The van der Waals surface area contributed by atoms with Crippen molar-refractivity contribution in [3.8, 4) is 5.75 Å². The van der Waals surface area contributed by atoms with E-state index in [0.29, 0.717) is 0 Å². The molecule has 0 bridgehead atoms. The lowest BCUT2D eigenvalue weighted by Crippen LogP contribution is -2.47. The highest BCUT2D eigenvalue weighted by atomic mass is 79.9. The summed E-state index contributed by atoms with van der Waals surface area (Å²) in [5.74, 6) is -0.327. The average molecular weight is 428 g/mol. The Bertz CT molecular complexity index is 778. The molecule has 0 saturated carbocycles. The molecule has 26 heavy (non-hydrogen) atoms. The summed E-state index contributed by atoms with van der Waals surface area (Å²) < 4.78 is 20.0. The molecule has 0 aromatic heterocycles. The van der Waals surface area contributed by atoms with Crippen molar-refractivity contribution in [2.45, 2.75) is 0 Å². The minimum atomic E-state index is -0.795. The maximum Gasteiger partial charge on any atom is 0.315 e. The van der Waals surface area contributed by atoms with Crippen LogP contribution in [0.25, 0.3) is 0 Å². The number of aliphatic imine (C=N–C) groups is 1. The molecule has 1 fully saturated rings. The van der Waals surface area contributed by atoms with Gasteiger partial charge in [0.15, 0.2) is 5.82 Å². The van der Waals surface area contributed by atoms with E-state index >= 15 is 0 Å². The molecule has 0 atom stereocenters. The molecule has 0 aliphatic carbocycles. The molecule has 1 aromatic carbocycles. The largest absolute Gasteiger partial charge is 0.488 e. The normalized spacial score (nSPS) is 18.1. The molecule has 2 heterocycles. The number of amidine groups is 1. The van der Waals surface area contributed by atoms with Crippen LogP contribution in [0.15, 0.2) is 27.8 Å². The maximum atomic E-state index is 14.8. The van der Waals surface area contributed by atoms with Gasteiger partial charge >= 0.3 is 5.69 Å². The monoisotopic (exact) mass is 427 g/mol. The molecule has 3 rings (SSSR count). The molecule has 0 spiro atoms. The van der Waals surface area contributed by atoms with Crippen molar-refractivity contribution < 1.29 is 14.1 Å². The number of nitro groups is 1. The predicted molar refractivity (Wildman–Crippen MR) is 100 cm³/mol. The fourth-order valence-corrected chi connectivity index (χ4v) is 3.58. The number of halogens is 2. The van der Waals surface area contributed by atoms with Gasteiger partial charge in [0.25, 0.3) is 0 Å². The van der Waals surface area contributed by atoms with Gasteiger partial charge in [0.1, 0.15) is 12.5 Å². The van der Waals surface area contributed by atoms with Gasteiger partial charge in [-0.2, -0.15) is 0 Å². The van der Waals surface area contributed by atoms with Gasteiger partial charge in [0, 0.05) is 38.4 Å². The lowest BCUT2D eigenvalue weighted by Gasteiger charge is -2.35. The van der Waals surface area contributed by atoms with Crippen LogP contribution in [0.2, 0.25) is 0 Å². The molecule has 1 saturated heterocycles. The molecule has 0 radical (unpaired) electrons. The van der Waals surface area contributed by atoms with E-state index in [1.807, 2.05) is 6.08 Å². The first-order chi connectivity index (χ1) is 12.4. The van der Waals surface area contributed by atoms with Crippen molar-refractivity contribution in [1.82, 2.24) is 9.80 Å². The summed E-state index contributed by atoms with van der Waals surface area (Å²) in [7, 11) is 3.29. The highest BCUT2D eigenvalue weighted by Crippen LogP contribution is 2.42. The van der Waals surface area contributed by atoms with E-state index in [1.54, 1.807) is 11.1 Å². The van der Waals surface area contributed by atoms with Crippen molar-refractivity contribution in [3.05, 3.63) is 38.7 Å². The van der Waals surface area contributed by atoms with Gasteiger partial charge in [-0.1, -0.05) is 0 Å². The molecule has 8 nitrogen and oxygen atoms in total. The predicted octanol–water partition coefficient (Wildman–Crippen LogP) is 2.44. The number of ether oxygens (including phenoxy) is 1. The number of piperazine rings is 1. The fourth-order valence-electron chi connectivity index (χ4n) is 2.96. The number of likely N-dealkylation sites (N-methyl/N-ethyl adjacent to an activating group) is 1. The summed E-state index contributed by atoms with van der Waals surface area (Å²) >= 11 is 3.22. The smallest absolute Gasteiger partial charge is 0.315 e. The van der Waals surface area contributed by atoms with Gasteiger partial charge in [-0.15, -0.1) is 0 Å². The zero-order chi connectivity index (χ0) is 18.8. The first-order valence-electron chi connectivity index (χ1n) is 8.05. The molecule has 2 aliphatic rings. The summed E-state index contributed by atoms with van der Waals surface area (Å²) in [6.07, 6.45) is 3.56. The lowest BCUT2D eigenvalue weighted by molar-refractivity contribution is -0.386. The molecule has 0 unspecified atom stereocenters. The second-order valence-corrected chi connectivity index (χ2v) is 6.92. The van der Waals surface area contributed by atoms with Crippen molar-refractivity contribution in [1.29, 1.82) is 0 Å². The Morgan fingerprint density at radius 3 is 2.58 bits per heavy atom. The molecule has 10 heteroatoms. The second-order valence-electron chi connectivity index (χ2n) is 6.06. The number of hydrogen-bond donors (Lipinski definition) is 0. The van der Waals surface area contributed by atoms with Crippen molar-refractivity contribution in [3.63, 3.8) is 0 Å². The van der Waals surface area contributed by atoms with Gasteiger partial charge in [-0.25, -0.2) is 9.38 Å². The van der Waals surface area contributed by atoms with E-state index in [0.717, 1.165) is 32.0 Å². The van der Waals surface area contributed by atoms with E-state index in [4.69, 9.17) is 4.74 Å². The molecule has 0 N–H and O–H groups in total. The van der Waals surface area contributed by atoms with Crippen LogP contribution in [-0.2, 0) is 0 Å². The Morgan fingerprint density at radius 2 is 2.04 bits per heavy atom. The van der Waals surface area contributed by atoms with Crippen LogP contribution in [0.3, 0.4) is 0 Å². The Kier molecular flexibility index (Phi) is 5.42. The first kappa shape index (κ1) is 18.6. The van der Waals surface area contributed by atoms with E-state index < -0.39 is 22.2 Å². The topological polar surface area (TPSA) is 74.5 Å². The van der Waals surface area contributed by atoms with Crippen molar-refractivity contribution in [2.75, 3.05) is 51.9 Å². The Hall–Kier alpha value is -2.20. The average Bonchev–Trinajstić information content (AvgIpc) is 2.62. The number of rotatable bonds is 3. The minimum Gasteiger partial charge on any atom is -0.488 e. The van der Waals surface area contributed by atoms with Gasteiger partial charge < -0.3 is 19.4 Å². The van der Waals surface area contributed by atoms with Gasteiger partial charge in [-0.3, -0.25) is 10.1 Å². The SMILES string of the molecule is COc1c([N+](=O)[O-])cc(Br)c(N2C=CC(N3CCN(C)CC3)=NC2)c1F. The van der Waals surface area contributed by atoms with Crippen LogP contribution >= 0.6 is 15.9 Å². The maximum absolute atomic E-state index is 14.8. The van der Waals surface area contributed by atoms with Crippen LogP contribution in [0, 0.1) is 15.9 Å². The summed E-state index contributed by atoms with van der Waals surface area (Å²) in [5.41, 5.74) is -0.270. The lowest BCUT2D eigenvalue weighted by atomic mass is 10.2. The minimum absolute atomic E-state index is 0.157. The standard InChI is InChI=1S/C16H19BrFN5O3/c1-20-5-7-21(8-6-20)13-3-4-22(10-19-13)15-11(17)9-12(23(24)25)16(26-2)14(15)18/h3-4,9H,5-8,10H2,1-2H3. The third-order valence-corrected chi connectivity index (χ3v) is 5.04. The zero-order valence-corrected chi connectivity index (χ0v) is 16.1. The number of nitro benzene ring substituents is 1. The number of hydrogen-bond acceptors (Lipinski definition) is 7. The summed E-state index contributed by atoms with van der Waals surface area (Å²) in [4.78, 5) is 21.0. The number of nitrogens with zero attached hydrogens (tertiary/aromatic N) is 5. The molecule has 2 aliphatic heterocycles. The van der Waals surface area contributed by atoms with E-state index in [2.05, 4.69) is 37.8 Å². The Labute approximate surface area is 158 Å². The summed E-state index contributed by atoms with van der Waals surface area (Å²) in [6, 6.07) is 1.24. The van der Waals surface area contributed by atoms with E-state index in [9.17, 15) is 14.5 Å². The van der Waals surface area contributed by atoms with Crippen LogP contribution in [0.5, 0.6) is 5.75 Å². The quantitative estimate of drug-likeness (QED) is 0.544. The third kappa shape index (κ3) is 3.51. The molecule has 1 aromatic rings. The Balaban J connectivity index is 1.84. The highest BCUT2D eigenvalue weighted by molar-refractivity contribution is 9.10. The number of methoxy groups -OCH3 is 1. The van der Waals surface area contributed by atoms with E-state index in [1.165, 1.54) is 13.2 Å². The zero-order valence-electron chi connectivity index (χ0n) is 14.5. The van der Waals surface area contributed by atoms with Gasteiger partial charge in [0.05, 0.1) is 22.2 Å². The van der Waals surface area contributed by atoms with Crippen LogP contribution in [0.1, 0.15) is 0 Å². The number of benzene rings is 1. The van der Waals surface area contributed by atoms with Gasteiger partial charge in [0.2, 0.25) is 5.75 Å². The van der Waals surface area contributed by atoms with Crippen molar-refractivity contribution in [2.24, 2.45) is 4.99 Å². The van der Waals surface area contributed by atoms with Crippen LogP contribution in [0.4, 0.5) is 15.8 Å². The second kappa shape index (κ2) is 7.58. The van der Waals surface area contributed by atoms with Crippen LogP contribution in [-0.4, -0.2) is 67.6 Å². The fraction of sp³-hybridized carbons (Fsp3) is 0.438. The van der Waals surface area contributed by atoms with Crippen molar-refractivity contribution >= 4 is 33.1 Å². The third-order valence-electron chi connectivity index (χ3n) is 4.43. The van der Waals surface area contributed by atoms with E-state index in [-0.39, 0.29) is 16.8 Å². The molecular formula is C16H19BrFN5O3. The molecular weight excluding hydrogens is 409 g/mol. The molecule has 0 amide bonds. The number of anilines is 1.